The number of ether oxygens (including phenoxy) is 1. The molecule has 0 fully saturated rings. The van der Waals surface area contributed by atoms with Crippen molar-refractivity contribution in [2.45, 2.75) is 24.1 Å². The number of aliphatic imine (C=N–C) groups is 1. The van der Waals surface area contributed by atoms with E-state index in [0.29, 0.717) is 0 Å². The molecule has 0 unspecified atom stereocenters. The zero-order chi connectivity index (χ0) is 25.4. The second-order valence-electron chi connectivity index (χ2n) is 5.97. The molecular formula is C16H9F10N3O3S. The number of methoxy groups -OCH3 is 1. The third kappa shape index (κ3) is 5.01. The summed E-state index contributed by atoms with van der Waals surface area (Å²) in [4.78, 5) is 23.2. The number of para-hydroxylation sites is 1. The van der Waals surface area contributed by atoms with Crippen LogP contribution >= 0.6 is 11.8 Å². The van der Waals surface area contributed by atoms with E-state index in [1.54, 1.807) is 0 Å². The molecule has 0 atom stereocenters. The summed E-state index contributed by atoms with van der Waals surface area (Å²) < 4.78 is 136. The average Bonchev–Trinajstić information content (AvgIpc) is 3.06. The molecular weight excluding hydrogens is 504 g/mol. The number of allylic oxidation sites excluding steroid dienone is 1. The fourth-order valence-corrected chi connectivity index (χ4v) is 3.61. The number of nitrogens with zero attached hydrogens (tertiary/aromatic N) is 1. The number of carbonyl (C=O) groups is 2. The predicted octanol–water partition coefficient (Wildman–Crippen LogP) is 4.84. The fourth-order valence-electron chi connectivity index (χ4n) is 2.46. The molecule has 0 aliphatic carbocycles. The van der Waals surface area contributed by atoms with E-state index in [4.69, 9.17) is 4.74 Å². The van der Waals surface area contributed by atoms with Crippen molar-refractivity contribution in [2.75, 3.05) is 7.11 Å². The van der Waals surface area contributed by atoms with Gasteiger partial charge in [0, 0.05) is 0 Å². The molecule has 182 valence electrons. The summed E-state index contributed by atoms with van der Waals surface area (Å²) in [6.45, 7) is 0. The smallest absolute Gasteiger partial charge is 0.443 e. The number of urea groups is 1. The van der Waals surface area contributed by atoms with Gasteiger partial charge in [0.25, 0.3) is 11.4 Å². The molecule has 0 saturated heterocycles. The van der Waals surface area contributed by atoms with Gasteiger partial charge in [-0.3, -0.25) is 15.4 Å². The van der Waals surface area contributed by atoms with E-state index in [0.717, 1.165) is 13.2 Å². The second kappa shape index (κ2) is 8.75. The average molecular weight is 513 g/mol. The normalized spacial score (nSPS) is 17.8. The number of nitrogens with one attached hydrogen (secondary N) is 2. The van der Waals surface area contributed by atoms with Gasteiger partial charge in [-0.05, 0) is 12.1 Å². The number of imide groups is 1. The molecule has 6 nitrogen and oxygen atoms in total. The highest BCUT2D eigenvalue weighted by molar-refractivity contribution is 8.17. The number of amidine groups is 1. The van der Waals surface area contributed by atoms with Crippen molar-refractivity contribution in [3.63, 3.8) is 0 Å². The molecule has 0 bridgehead atoms. The highest BCUT2D eigenvalue weighted by Crippen LogP contribution is 2.59. The number of thioether (sulfide) groups is 1. The lowest BCUT2D eigenvalue weighted by molar-refractivity contribution is -0.280. The number of amides is 3. The number of benzene rings is 1. The highest BCUT2D eigenvalue weighted by atomic mass is 32.2. The highest BCUT2D eigenvalue weighted by Gasteiger charge is 2.77. The van der Waals surface area contributed by atoms with Crippen LogP contribution in [0.5, 0.6) is 5.75 Å². The van der Waals surface area contributed by atoms with Gasteiger partial charge >= 0.3 is 24.6 Å². The Morgan fingerprint density at radius 2 is 1.55 bits per heavy atom. The van der Waals surface area contributed by atoms with E-state index < -0.39 is 63.7 Å². The molecule has 0 spiro atoms. The minimum absolute atomic E-state index is 0.0685. The number of alkyl halides is 9. The summed E-state index contributed by atoms with van der Waals surface area (Å²) in [6, 6.07) is 3.41. The van der Waals surface area contributed by atoms with Crippen molar-refractivity contribution in [1.29, 1.82) is 0 Å². The minimum atomic E-state index is -6.58. The maximum atomic E-state index is 13.7. The lowest BCUT2D eigenvalue weighted by atomic mass is 9.97. The van der Waals surface area contributed by atoms with Crippen LogP contribution in [0, 0.1) is 0 Å². The molecule has 0 aromatic heterocycles. The van der Waals surface area contributed by atoms with E-state index in [1.165, 1.54) is 28.8 Å². The zero-order valence-corrected chi connectivity index (χ0v) is 16.5. The first-order chi connectivity index (χ1) is 15.0. The Kier molecular flexibility index (Phi) is 6.97. The Labute approximate surface area is 181 Å². The van der Waals surface area contributed by atoms with Gasteiger partial charge in [-0.15, -0.1) is 0 Å². The molecule has 3 amide bonds. The van der Waals surface area contributed by atoms with Crippen LogP contribution in [0.3, 0.4) is 0 Å². The summed E-state index contributed by atoms with van der Waals surface area (Å²) >= 11 is -1.05. The predicted molar refractivity (Wildman–Crippen MR) is 93.0 cm³/mol. The minimum Gasteiger partial charge on any atom is -0.496 e. The quantitative estimate of drug-likeness (QED) is 0.555. The zero-order valence-electron chi connectivity index (χ0n) is 15.7. The van der Waals surface area contributed by atoms with Crippen LogP contribution in [0.1, 0.15) is 10.4 Å². The first-order valence-electron chi connectivity index (χ1n) is 8.09. The monoisotopic (exact) mass is 513 g/mol. The second-order valence-corrected chi connectivity index (χ2v) is 6.97. The summed E-state index contributed by atoms with van der Waals surface area (Å²) in [7, 11) is 1.15. The van der Waals surface area contributed by atoms with Gasteiger partial charge in [0.05, 0.1) is 17.6 Å². The van der Waals surface area contributed by atoms with Crippen LogP contribution in [-0.2, 0) is 0 Å². The Balaban J connectivity index is 2.43. The molecule has 2 rings (SSSR count). The largest absolute Gasteiger partial charge is 0.496 e. The van der Waals surface area contributed by atoms with E-state index >= 15 is 0 Å². The van der Waals surface area contributed by atoms with Crippen LogP contribution in [-0.4, -0.2) is 48.3 Å². The molecule has 1 aromatic rings. The number of hydrogen-bond donors (Lipinski definition) is 2. The lowest BCUT2D eigenvalue weighted by Crippen LogP contribution is -2.55. The van der Waals surface area contributed by atoms with Gasteiger partial charge in [0.1, 0.15) is 5.75 Å². The van der Waals surface area contributed by atoms with E-state index in [2.05, 4.69) is 4.99 Å². The summed E-state index contributed by atoms with van der Waals surface area (Å²) in [5.41, 5.74) is -5.92. The Morgan fingerprint density at radius 3 is 2.03 bits per heavy atom. The number of carbonyl (C=O) groups excluding carboxylic acids is 2. The van der Waals surface area contributed by atoms with Crippen LogP contribution in [0.15, 0.2) is 40.0 Å². The number of rotatable bonds is 2. The molecule has 33 heavy (non-hydrogen) atoms. The molecule has 0 radical (unpaired) electrons. The third-order valence-corrected chi connectivity index (χ3v) is 4.93. The van der Waals surface area contributed by atoms with Gasteiger partial charge < -0.3 is 4.74 Å². The Morgan fingerprint density at radius 1 is 1.00 bits per heavy atom. The number of hydrogen-bond acceptors (Lipinski definition) is 5. The first kappa shape index (κ1) is 26.3. The SMILES string of the molecule is COc1ccccc1C(=O)NC(=O)NC1=NC(C(F)(F)F)(C(F)(F)F)/C(=C(\F)C(F)(F)F)S1. The maximum Gasteiger partial charge on any atom is 0.443 e. The van der Waals surface area contributed by atoms with Crippen LogP contribution in [0.2, 0.25) is 0 Å². The van der Waals surface area contributed by atoms with Gasteiger partial charge in [-0.2, -0.15) is 39.5 Å². The van der Waals surface area contributed by atoms with Crippen LogP contribution < -0.4 is 15.4 Å². The molecule has 1 aliphatic heterocycles. The molecule has 1 aliphatic rings. The van der Waals surface area contributed by atoms with Crippen LogP contribution in [0.25, 0.3) is 0 Å². The molecule has 0 saturated carbocycles. The van der Waals surface area contributed by atoms with Crippen molar-refractivity contribution < 1.29 is 58.2 Å². The van der Waals surface area contributed by atoms with Gasteiger partial charge in [0.2, 0.25) is 5.83 Å². The van der Waals surface area contributed by atoms with Gasteiger partial charge in [0.15, 0.2) is 5.17 Å². The standard InChI is InChI=1S/C16H9F10N3O3S/c1-32-7-5-3-2-4-6(7)10(30)27-11(31)28-12-29-13(15(21,22)23,16(24,25)26)9(33-12)8(17)14(18,19)20/h2-5H,1H3,(H2,27,28,29,30,31)/b9-8+. The van der Waals surface area contributed by atoms with E-state index in [-0.39, 0.29) is 11.3 Å². The molecule has 17 heteroatoms. The maximum absolute atomic E-state index is 13.7. The van der Waals surface area contributed by atoms with E-state index in [1.807, 2.05) is 0 Å². The Bertz CT molecular complexity index is 1000. The van der Waals surface area contributed by atoms with Crippen molar-refractivity contribution >= 4 is 28.9 Å². The molecule has 1 aromatic carbocycles. The van der Waals surface area contributed by atoms with E-state index in [9.17, 15) is 53.5 Å². The molecule has 1 heterocycles. The van der Waals surface area contributed by atoms with Crippen molar-refractivity contribution in [2.24, 2.45) is 4.99 Å². The van der Waals surface area contributed by atoms with Crippen molar-refractivity contribution in [3.8, 4) is 5.75 Å². The molecule has 2 N–H and O–H groups in total. The van der Waals surface area contributed by atoms with Crippen molar-refractivity contribution in [3.05, 3.63) is 40.6 Å². The number of halogens is 10. The topological polar surface area (TPSA) is 79.8 Å². The fraction of sp³-hybridized carbons (Fsp3) is 0.312. The first-order valence-corrected chi connectivity index (χ1v) is 8.91. The lowest BCUT2D eigenvalue weighted by Gasteiger charge is -2.31. The van der Waals surface area contributed by atoms with Gasteiger partial charge in [-0.1, -0.05) is 23.9 Å². The third-order valence-electron chi connectivity index (χ3n) is 3.86. The van der Waals surface area contributed by atoms with Crippen molar-refractivity contribution in [1.82, 2.24) is 10.6 Å². The Hall–Kier alpha value is -2.98. The van der Waals surface area contributed by atoms with Crippen LogP contribution in [0.4, 0.5) is 48.7 Å². The summed E-state index contributed by atoms with van der Waals surface area (Å²) in [6.07, 6.45) is -19.4. The summed E-state index contributed by atoms with van der Waals surface area (Å²) in [5, 5.41) is 1.11. The van der Waals surface area contributed by atoms with Gasteiger partial charge in [-0.25, -0.2) is 14.2 Å². The summed E-state index contributed by atoms with van der Waals surface area (Å²) in [5.74, 6) is -5.00.